The molecule has 3 amide bonds. The number of methoxy groups -OCH3 is 1. The second kappa shape index (κ2) is 19.4. The maximum atomic E-state index is 13.5. The fourth-order valence-electron chi connectivity index (χ4n) is 7.27. The normalized spacial score (nSPS) is 21.3. The zero-order valence-electron chi connectivity index (χ0n) is 36.0. The zero-order valence-corrected chi connectivity index (χ0v) is 37.0. The van der Waals surface area contributed by atoms with E-state index in [9.17, 15) is 34.5 Å². The van der Waals surface area contributed by atoms with Crippen LogP contribution in [0.2, 0.25) is 18.1 Å². The van der Waals surface area contributed by atoms with Crippen LogP contribution < -0.4 is 16.0 Å². The van der Waals surface area contributed by atoms with Crippen molar-refractivity contribution in [2.75, 3.05) is 19.0 Å². The monoisotopic (exact) mass is 847 g/mol. The zero-order chi connectivity index (χ0) is 44.1. The third kappa shape index (κ3) is 10.6. The summed E-state index contributed by atoms with van der Waals surface area (Å²) in [6.07, 6.45) is -7.61. The molecule has 0 bridgehead atoms. The van der Waals surface area contributed by atoms with E-state index in [4.69, 9.17) is 18.6 Å². The number of carbonyl (C=O) groups is 4. The van der Waals surface area contributed by atoms with Gasteiger partial charge < -0.3 is 49.9 Å². The molecule has 0 radical (unpaired) electrons. The molecule has 6 N–H and O–H groups in total. The van der Waals surface area contributed by atoms with Gasteiger partial charge in [0.25, 0.3) is 0 Å². The Morgan fingerprint density at radius 3 is 2.02 bits per heavy atom. The van der Waals surface area contributed by atoms with Crippen molar-refractivity contribution in [3.63, 3.8) is 0 Å². The third-order valence-corrected chi connectivity index (χ3v) is 16.5. The molecule has 2 unspecified atom stereocenters. The van der Waals surface area contributed by atoms with E-state index in [2.05, 4.69) is 49.8 Å². The Bertz CT molecular complexity index is 1970. The van der Waals surface area contributed by atoms with Crippen LogP contribution in [0.25, 0.3) is 11.1 Å². The van der Waals surface area contributed by atoms with Crippen molar-refractivity contribution in [3.8, 4) is 11.1 Å². The molecule has 0 spiro atoms. The van der Waals surface area contributed by atoms with E-state index in [1.165, 1.54) is 0 Å². The largest absolute Gasteiger partial charge is 0.467 e. The molecule has 326 valence electrons. The molecule has 0 aromatic heterocycles. The summed E-state index contributed by atoms with van der Waals surface area (Å²) in [5.74, 6) is -2.41. The second-order valence-corrected chi connectivity index (χ2v) is 22.4. The average molecular weight is 848 g/mol. The second-order valence-electron chi connectivity index (χ2n) is 17.6. The molecule has 14 nitrogen and oxygen atoms in total. The number of benzene rings is 3. The summed E-state index contributed by atoms with van der Waals surface area (Å²) in [5, 5.41) is 39.9. The molecule has 5 rings (SSSR count). The quantitative estimate of drug-likeness (QED) is 0.0871. The lowest BCUT2D eigenvalue weighted by atomic mass is 9.91. The Balaban J connectivity index is 1.23. The molecule has 1 saturated heterocycles. The van der Waals surface area contributed by atoms with Crippen LogP contribution in [0.3, 0.4) is 0 Å². The first-order valence-corrected chi connectivity index (χ1v) is 23.4. The predicted molar refractivity (Wildman–Crippen MR) is 229 cm³/mol. The molecule has 1 aliphatic heterocycles. The van der Waals surface area contributed by atoms with E-state index in [1.54, 1.807) is 32.9 Å². The Hall–Kier alpha value is -4.64. The van der Waals surface area contributed by atoms with Crippen molar-refractivity contribution in [2.45, 2.75) is 128 Å². The highest BCUT2D eigenvalue weighted by Crippen LogP contribution is 2.44. The lowest BCUT2D eigenvalue weighted by Gasteiger charge is -2.39. The number of rotatable bonds is 15. The molecule has 60 heavy (non-hydrogen) atoms. The number of amides is 3. The minimum atomic E-state index is -2.18. The number of aliphatic hydroxyl groups excluding tert-OH is 3. The SMILES string of the molecule is COC(=O)[C@H]1O[C@@H](CCc2cc(NC(=O)C(C)NC(=O)C(NC(=O)OCC3c4ccccc4-c4ccccc43)C(C)C)ccc2CO[Si](C)(C)C(C)(C)C)[C@@H](O)[C@@H](O)[C@@H]1O. The first-order chi connectivity index (χ1) is 28.2. The molecule has 1 aliphatic carbocycles. The predicted octanol–water partition coefficient (Wildman–Crippen LogP) is 5.17. The highest BCUT2D eigenvalue weighted by molar-refractivity contribution is 6.74. The number of anilines is 1. The van der Waals surface area contributed by atoms with Gasteiger partial charge in [-0.15, -0.1) is 0 Å². The summed E-state index contributed by atoms with van der Waals surface area (Å²) < 4.78 is 22.7. The van der Waals surface area contributed by atoms with Gasteiger partial charge in [0.15, 0.2) is 14.4 Å². The van der Waals surface area contributed by atoms with E-state index in [0.717, 1.165) is 40.5 Å². The van der Waals surface area contributed by atoms with Gasteiger partial charge in [-0.05, 0) is 89.3 Å². The summed E-state index contributed by atoms with van der Waals surface area (Å²) in [6.45, 7) is 16.2. The van der Waals surface area contributed by atoms with Gasteiger partial charge in [0.1, 0.15) is 37.0 Å². The van der Waals surface area contributed by atoms with Crippen molar-refractivity contribution in [2.24, 2.45) is 5.92 Å². The molecule has 2 aliphatic rings. The molecular weight excluding hydrogens is 787 g/mol. The molecule has 1 heterocycles. The molecule has 0 saturated carbocycles. The molecule has 3 aromatic carbocycles. The van der Waals surface area contributed by atoms with Gasteiger partial charge in [0, 0.05) is 11.6 Å². The van der Waals surface area contributed by atoms with Gasteiger partial charge in [0.05, 0.1) is 19.8 Å². The number of hydrogen-bond donors (Lipinski definition) is 6. The van der Waals surface area contributed by atoms with Crippen molar-refractivity contribution in [1.82, 2.24) is 10.6 Å². The van der Waals surface area contributed by atoms with E-state index < -0.39 is 74.8 Å². The van der Waals surface area contributed by atoms with Gasteiger partial charge in [-0.2, -0.15) is 0 Å². The molecule has 7 atom stereocenters. The molecular formula is C45H61N3O11Si. The number of aliphatic hydroxyl groups is 3. The van der Waals surface area contributed by atoms with Gasteiger partial charge in [-0.25, -0.2) is 9.59 Å². The van der Waals surface area contributed by atoms with Gasteiger partial charge in [-0.1, -0.05) is 89.2 Å². The molecule has 3 aromatic rings. The number of ether oxygens (including phenoxy) is 3. The number of hydrogen-bond acceptors (Lipinski definition) is 11. The average Bonchev–Trinajstić information content (AvgIpc) is 3.52. The Morgan fingerprint density at radius 2 is 1.43 bits per heavy atom. The fraction of sp³-hybridized carbons (Fsp3) is 0.511. The number of alkyl carbamates (subject to hydrolysis) is 1. The van der Waals surface area contributed by atoms with E-state index in [-0.39, 0.29) is 42.9 Å². The van der Waals surface area contributed by atoms with Gasteiger partial charge in [-0.3, -0.25) is 9.59 Å². The highest BCUT2D eigenvalue weighted by atomic mass is 28.4. The van der Waals surface area contributed by atoms with Crippen LogP contribution >= 0.6 is 0 Å². The van der Waals surface area contributed by atoms with E-state index in [0.29, 0.717) is 5.69 Å². The molecule has 15 heteroatoms. The van der Waals surface area contributed by atoms with Crippen LogP contribution in [0.15, 0.2) is 66.7 Å². The maximum absolute atomic E-state index is 13.5. The Morgan fingerprint density at radius 1 is 0.817 bits per heavy atom. The summed E-state index contributed by atoms with van der Waals surface area (Å²) >= 11 is 0. The standard InChI is InChI=1S/C45H61N3O11Si/c1-25(2)36(48-44(55)57-24-34-32-16-12-10-14-30(32)31-15-11-13-17-33(31)34)42(53)46-26(3)41(52)47-29-20-18-28(23-58-60(8,9)45(4,5)6)27(22-29)19-21-35-37(49)38(50)39(51)40(59-35)43(54)56-7/h10-18,20,22,25-26,34-40,49-51H,19,21,23-24H2,1-9H3,(H,46,53)(H,47,52)(H,48,55)/t26?,35-,36?,37+,38+,39-,40-/m0/s1. The summed E-state index contributed by atoms with van der Waals surface area (Å²) in [5.41, 5.74) is 6.34. The third-order valence-electron chi connectivity index (χ3n) is 12.0. The molecule has 1 fully saturated rings. The maximum Gasteiger partial charge on any atom is 0.407 e. The summed E-state index contributed by atoms with van der Waals surface area (Å²) in [7, 11) is -1.04. The van der Waals surface area contributed by atoms with Crippen molar-refractivity contribution >= 4 is 37.9 Å². The highest BCUT2D eigenvalue weighted by Gasteiger charge is 2.47. The van der Waals surface area contributed by atoms with Gasteiger partial charge >= 0.3 is 12.1 Å². The van der Waals surface area contributed by atoms with E-state index in [1.807, 2.05) is 54.6 Å². The smallest absolute Gasteiger partial charge is 0.407 e. The van der Waals surface area contributed by atoms with Crippen LogP contribution in [-0.2, 0) is 46.0 Å². The summed E-state index contributed by atoms with van der Waals surface area (Å²) in [4.78, 5) is 52.4. The number of aryl methyl sites for hydroxylation is 1. The lowest BCUT2D eigenvalue weighted by Crippen LogP contribution is -2.59. The van der Waals surface area contributed by atoms with E-state index >= 15 is 0 Å². The number of nitrogens with one attached hydrogen (secondary N) is 3. The minimum Gasteiger partial charge on any atom is -0.467 e. The Kier molecular flexibility index (Phi) is 15.0. The van der Waals surface area contributed by atoms with Crippen LogP contribution in [0, 0.1) is 5.92 Å². The lowest BCUT2D eigenvalue weighted by molar-refractivity contribution is -0.229. The number of carbonyl (C=O) groups excluding carboxylic acids is 4. The van der Waals surface area contributed by atoms with Crippen LogP contribution in [0.1, 0.15) is 76.1 Å². The van der Waals surface area contributed by atoms with Crippen molar-refractivity contribution in [1.29, 1.82) is 0 Å². The topological polar surface area (TPSA) is 202 Å². The number of esters is 1. The van der Waals surface area contributed by atoms with Gasteiger partial charge in [0.2, 0.25) is 11.8 Å². The van der Waals surface area contributed by atoms with Crippen LogP contribution in [-0.4, -0.2) is 104 Å². The van der Waals surface area contributed by atoms with Crippen LogP contribution in [0.5, 0.6) is 0 Å². The minimum absolute atomic E-state index is 0.0543. The number of fused-ring (bicyclic) bond motifs is 3. The van der Waals surface area contributed by atoms with Crippen molar-refractivity contribution < 1.29 is 53.1 Å². The summed E-state index contributed by atoms with van der Waals surface area (Å²) in [6, 6.07) is 19.4. The fourth-order valence-corrected chi connectivity index (χ4v) is 8.22. The first-order valence-electron chi connectivity index (χ1n) is 20.5. The van der Waals surface area contributed by atoms with Crippen LogP contribution in [0.4, 0.5) is 10.5 Å². The first kappa shape index (κ1) is 46.4. The van der Waals surface area contributed by atoms with Crippen molar-refractivity contribution in [3.05, 3.63) is 89.0 Å². The Labute approximate surface area is 353 Å².